The van der Waals surface area contributed by atoms with Crippen LogP contribution in [0.15, 0.2) is 26.5 Å². The first-order valence-electron chi connectivity index (χ1n) is 3.48. The highest BCUT2D eigenvalue weighted by molar-refractivity contribution is 9.10. The highest BCUT2D eigenvalue weighted by Crippen LogP contribution is 2.26. The Kier molecular flexibility index (Phi) is 2.94. The van der Waals surface area contributed by atoms with Gasteiger partial charge in [-0.2, -0.15) is 4.37 Å². The molecule has 0 unspecified atom stereocenters. The van der Waals surface area contributed by atoms with Crippen LogP contribution in [0.1, 0.15) is 0 Å². The lowest BCUT2D eigenvalue weighted by Crippen LogP contribution is -1.94. The zero-order valence-electron chi connectivity index (χ0n) is 6.72. The van der Waals surface area contributed by atoms with Gasteiger partial charge < -0.3 is 5.73 Å². The number of aromatic nitrogens is 4. The third-order valence-corrected chi connectivity index (χ3v) is 3.20. The molecule has 0 radical (unpaired) electrons. The lowest BCUT2D eigenvalue weighted by molar-refractivity contribution is 0.955. The topological polar surface area (TPSA) is 77.6 Å². The minimum atomic E-state index is 0.430. The maximum Gasteiger partial charge on any atom is 0.197 e. The first kappa shape index (κ1) is 9.81. The SMILES string of the molecule is Nc1cc(Br)nc(Sc2ncns2)n1. The molecular weight excluding hydrogens is 286 g/mol. The van der Waals surface area contributed by atoms with Crippen molar-refractivity contribution in [2.24, 2.45) is 0 Å². The van der Waals surface area contributed by atoms with E-state index in [-0.39, 0.29) is 0 Å². The van der Waals surface area contributed by atoms with Gasteiger partial charge in [-0.1, -0.05) is 0 Å². The molecule has 2 rings (SSSR count). The Morgan fingerprint density at radius 1 is 1.43 bits per heavy atom. The molecule has 0 aliphatic heterocycles. The van der Waals surface area contributed by atoms with E-state index < -0.39 is 0 Å². The molecule has 2 aromatic heterocycles. The van der Waals surface area contributed by atoms with Gasteiger partial charge in [-0.3, -0.25) is 0 Å². The normalized spacial score (nSPS) is 10.4. The van der Waals surface area contributed by atoms with Crippen molar-refractivity contribution in [3.8, 4) is 0 Å². The van der Waals surface area contributed by atoms with Crippen molar-refractivity contribution in [2.45, 2.75) is 9.50 Å². The van der Waals surface area contributed by atoms with Crippen LogP contribution in [0.2, 0.25) is 0 Å². The van der Waals surface area contributed by atoms with Crippen LogP contribution in [0.3, 0.4) is 0 Å². The molecule has 2 heterocycles. The average Bonchev–Trinajstić information content (AvgIpc) is 2.54. The van der Waals surface area contributed by atoms with Crippen LogP contribution in [-0.4, -0.2) is 19.3 Å². The van der Waals surface area contributed by atoms with Crippen molar-refractivity contribution >= 4 is 45.0 Å². The van der Waals surface area contributed by atoms with Crippen LogP contribution in [0.25, 0.3) is 0 Å². The van der Waals surface area contributed by atoms with E-state index in [1.807, 2.05) is 0 Å². The van der Waals surface area contributed by atoms with E-state index in [4.69, 9.17) is 5.73 Å². The van der Waals surface area contributed by atoms with Crippen LogP contribution >= 0.6 is 39.2 Å². The standard InChI is InChI=1S/C6H4BrN5S2/c7-3-1-4(8)12-5(11-3)13-6-9-2-10-14-6/h1-2H,(H2,8,11,12). The Balaban J connectivity index is 2.25. The predicted octanol–water partition coefficient (Wildman–Crippen LogP) is 1.82. The Bertz CT molecular complexity index is 412. The highest BCUT2D eigenvalue weighted by Gasteiger charge is 2.05. The summed E-state index contributed by atoms with van der Waals surface area (Å²) >= 11 is 5.87. The summed E-state index contributed by atoms with van der Waals surface area (Å²) in [4.78, 5) is 12.2. The van der Waals surface area contributed by atoms with Gasteiger partial charge in [0.25, 0.3) is 0 Å². The van der Waals surface area contributed by atoms with Crippen LogP contribution in [0, 0.1) is 0 Å². The molecule has 0 aromatic carbocycles. The fraction of sp³-hybridized carbons (Fsp3) is 0. The number of halogens is 1. The summed E-state index contributed by atoms with van der Waals surface area (Å²) in [6.07, 6.45) is 1.49. The second kappa shape index (κ2) is 4.20. The van der Waals surface area contributed by atoms with Crippen LogP contribution < -0.4 is 5.73 Å². The van der Waals surface area contributed by atoms with Crippen molar-refractivity contribution < 1.29 is 0 Å². The van der Waals surface area contributed by atoms with Crippen LogP contribution in [0.5, 0.6) is 0 Å². The van der Waals surface area contributed by atoms with E-state index in [0.29, 0.717) is 15.6 Å². The number of hydrogen-bond acceptors (Lipinski definition) is 7. The summed E-state index contributed by atoms with van der Waals surface area (Å²) in [5.74, 6) is 0.430. The molecule has 0 saturated heterocycles. The largest absolute Gasteiger partial charge is 0.384 e. The van der Waals surface area contributed by atoms with Gasteiger partial charge in [-0.05, 0) is 39.2 Å². The average molecular weight is 290 g/mol. The van der Waals surface area contributed by atoms with Gasteiger partial charge in [0.05, 0.1) is 0 Å². The molecule has 0 aliphatic carbocycles. The van der Waals surface area contributed by atoms with Crippen LogP contribution in [-0.2, 0) is 0 Å². The lowest BCUT2D eigenvalue weighted by Gasteiger charge is -1.98. The number of anilines is 1. The van der Waals surface area contributed by atoms with Gasteiger partial charge in [-0.25, -0.2) is 15.0 Å². The molecular formula is C6H4BrN5S2. The van der Waals surface area contributed by atoms with E-state index in [1.54, 1.807) is 6.07 Å². The maximum absolute atomic E-state index is 5.56. The summed E-state index contributed by atoms with van der Waals surface area (Å²) in [5, 5.41) is 0.564. The first-order valence-corrected chi connectivity index (χ1v) is 5.87. The number of nitrogen functional groups attached to an aromatic ring is 1. The molecule has 8 heteroatoms. The van der Waals surface area contributed by atoms with Gasteiger partial charge in [0.1, 0.15) is 16.7 Å². The molecule has 0 aliphatic rings. The first-order chi connectivity index (χ1) is 6.74. The zero-order valence-corrected chi connectivity index (χ0v) is 9.93. The number of rotatable bonds is 2. The van der Waals surface area contributed by atoms with Crippen molar-refractivity contribution in [1.82, 2.24) is 19.3 Å². The minimum absolute atomic E-state index is 0.430. The van der Waals surface area contributed by atoms with E-state index in [0.717, 1.165) is 4.34 Å². The summed E-state index contributed by atoms with van der Waals surface area (Å²) < 4.78 is 5.33. The van der Waals surface area contributed by atoms with E-state index in [1.165, 1.54) is 29.6 Å². The Hall–Kier alpha value is -0.730. The monoisotopic (exact) mass is 289 g/mol. The van der Waals surface area contributed by atoms with Crippen molar-refractivity contribution in [3.63, 3.8) is 0 Å². The minimum Gasteiger partial charge on any atom is -0.384 e. The van der Waals surface area contributed by atoms with Gasteiger partial charge in [-0.15, -0.1) is 0 Å². The quantitative estimate of drug-likeness (QED) is 0.671. The Labute approximate surface area is 96.5 Å². The smallest absolute Gasteiger partial charge is 0.197 e. The highest BCUT2D eigenvalue weighted by atomic mass is 79.9. The van der Waals surface area contributed by atoms with Crippen molar-refractivity contribution in [2.75, 3.05) is 5.73 Å². The zero-order chi connectivity index (χ0) is 9.97. The second-order valence-corrected chi connectivity index (χ2v) is 5.01. The molecule has 5 nitrogen and oxygen atoms in total. The lowest BCUT2D eigenvalue weighted by atomic mass is 10.6. The second-order valence-electron chi connectivity index (χ2n) is 2.21. The molecule has 0 amide bonds. The van der Waals surface area contributed by atoms with Crippen LogP contribution in [0.4, 0.5) is 5.82 Å². The van der Waals surface area contributed by atoms with Gasteiger partial charge >= 0.3 is 0 Å². The van der Waals surface area contributed by atoms with Gasteiger partial charge in [0, 0.05) is 6.07 Å². The fourth-order valence-electron chi connectivity index (χ4n) is 0.745. The van der Waals surface area contributed by atoms with E-state index in [2.05, 4.69) is 35.3 Å². The van der Waals surface area contributed by atoms with E-state index >= 15 is 0 Å². The number of hydrogen-bond donors (Lipinski definition) is 1. The summed E-state index contributed by atoms with van der Waals surface area (Å²) in [6.45, 7) is 0. The summed E-state index contributed by atoms with van der Waals surface area (Å²) in [7, 11) is 0. The number of nitrogens with two attached hydrogens (primary N) is 1. The Morgan fingerprint density at radius 3 is 2.93 bits per heavy atom. The fourth-order valence-corrected chi connectivity index (χ4v) is 2.60. The maximum atomic E-state index is 5.56. The molecule has 0 bridgehead atoms. The molecule has 0 saturated carbocycles. The molecule has 14 heavy (non-hydrogen) atoms. The predicted molar refractivity (Wildman–Crippen MR) is 58.2 cm³/mol. The van der Waals surface area contributed by atoms with Gasteiger partial charge in [0.2, 0.25) is 0 Å². The van der Waals surface area contributed by atoms with Crippen molar-refractivity contribution in [3.05, 3.63) is 17.0 Å². The van der Waals surface area contributed by atoms with Crippen molar-refractivity contribution in [1.29, 1.82) is 0 Å². The summed E-state index contributed by atoms with van der Waals surface area (Å²) in [6, 6.07) is 1.64. The molecule has 72 valence electrons. The third-order valence-electron chi connectivity index (χ3n) is 1.21. The molecule has 2 aromatic rings. The van der Waals surface area contributed by atoms with E-state index in [9.17, 15) is 0 Å². The third kappa shape index (κ3) is 2.40. The molecule has 0 atom stereocenters. The Morgan fingerprint density at radius 2 is 2.29 bits per heavy atom. The molecule has 2 N–H and O–H groups in total. The molecule has 0 fully saturated rings. The molecule has 0 spiro atoms. The summed E-state index contributed by atoms with van der Waals surface area (Å²) in [5.41, 5.74) is 5.56. The van der Waals surface area contributed by atoms with Gasteiger partial charge in [0.15, 0.2) is 9.50 Å². The number of nitrogens with zero attached hydrogens (tertiary/aromatic N) is 4.